The average Bonchev–Trinajstić information content (AvgIpc) is 2.68. The molecular formula is C12H22N2O2. The molecule has 0 bridgehead atoms. The lowest BCUT2D eigenvalue weighted by atomic mass is 9.93. The third-order valence-electron chi connectivity index (χ3n) is 3.77. The van der Waals surface area contributed by atoms with Crippen LogP contribution in [0.15, 0.2) is 0 Å². The second-order valence-electron chi connectivity index (χ2n) is 4.93. The summed E-state index contributed by atoms with van der Waals surface area (Å²) in [6.07, 6.45) is 7.47. The van der Waals surface area contributed by atoms with Crippen molar-refractivity contribution in [2.24, 2.45) is 0 Å². The molecule has 1 unspecified atom stereocenters. The number of aliphatic hydroxyl groups is 1. The van der Waals surface area contributed by atoms with Gasteiger partial charge in [-0.1, -0.05) is 0 Å². The van der Waals surface area contributed by atoms with Crippen LogP contribution < -0.4 is 5.32 Å². The quantitative estimate of drug-likeness (QED) is 0.763. The first-order chi connectivity index (χ1) is 7.81. The van der Waals surface area contributed by atoms with Crippen molar-refractivity contribution in [1.29, 1.82) is 0 Å². The highest BCUT2D eigenvalue weighted by Crippen LogP contribution is 2.23. The summed E-state index contributed by atoms with van der Waals surface area (Å²) in [4.78, 5) is 13.9. The van der Waals surface area contributed by atoms with E-state index in [-0.39, 0.29) is 12.6 Å². The van der Waals surface area contributed by atoms with Gasteiger partial charge in [-0.2, -0.15) is 0 Å². The molecule has 1 heterocycles. The monoisotopic (exact) mass is 226 g/mol. The number of nitrogens with zero attached hydrogens (tertiary/aromatic N) is 1. The number of carbonyl (C=O) groups excluding carboxylic acids is 1. The highest BCUT2D eigenvalue weighted by atomic mass is 16.3. The summed E-state index contributed by atoms with van der Waals surface area (Å²) in [5.41, 5.74) is 0. The predicted molar refractivity (Wildman–Crippen MR) is 62.2 cm³/mol. The van der Waals surface area contributed by atoms with Crippen molar-refractivity contribution in [2.75, 3.05) is 13.2 Å². The van der Waals surface area contributed by atoms with E-state index in [1.807, 2.05) is 4.90 Å². The van der Waals surface area contributed by atoms with Gasteiger partial charge >= 0.3 is 6.03 Å². The molecule has 1 aliphatic carbocycles. The summed E-state index contributed by atoms with van der Waals surface area (Å²) in [5.74, 6) is 0. The van der Waals surface area contributed by atoms with Crippen LogP contribution in [0, 0.1) is 0 Å². The number of aliphatic hydroxyl groups excluding tert-OH is 1. The molecule has 2 N–H and O–H groups in total. The highest BCUT2D eigenvalue weighted by molar-refractivity contribution is 5.75. The Kier molecular flexibility index (Phi) is 4.04. The van der Waals surface area contributed by atoms with Gasteiger partial charge in [0.2, 0.25) is 0 Å². The molecule has 92 valence electrons. The van der Waals surface area contributed by atoms with Crippen LogP contribution in [-0.4, -0.2) is 41.3 Å². The van der Waals surface area contributed by atoms with Crippen LogP contribution >= 0.6 is 0 Å². The Labute approximate surface area is 97.0 Å². The van der Waals surface area contributed by atoms with Gasteiger partial charge < -0.3 is 15.3 Å². The number of rotatable bonds is 4. The summed E-state index contributed by atoms with van der Waals surface area (Å²) >= 11 is 0. The first-order valence-electron chi connectivity index (χ1n) is 6.49. The second kappa shape index (κ2) is 5.53. The number of carbonyl (C=O) groups is 1. The highest BCUT2D eigenvalue weighted by Gasteiger charge is 2.30. The standard InChI is InChI=1S/C12H22N2O2/c15-9-3-7-11-6-2-8-14(11)12(16)13-10-4-1-5-10/h10-11,15H,1-9H2,(H,13,16). The van der Waals surface area contributed by atoms with Gasteiger partial charge in [0.15, 0.2) is 0 Å². The van der Waals surface area contributed by atoms with Crippen LogP contribution in [0.3, 0.4) is 0 Å². The SMILES string of the molecule is O=C(NC1CCC1)N1CCCC1CCCO. The molecule has 1 atom stereocenters. The Morgan fingerprint density at radius 2 is 2.12 bits per heavy atom. The molecule has 1 saturated heterocycles. The molecule has 2 aliphatic rings. The number of urea groups is 1. The van der Waals surface area contributed by atoms with Crippen molar-refractivity contribution in [2.45, 2.75) is 57.0 Å². The molecule has 0 aromatic heterocycles. The van der Waals surface area contributed by atoms with Crippen LogP contribution in [-0.2, 0) is 0 Å². The average molecular weight is 226 g/mol. The number of hydrogen-bond acceptors (Lipinski definition) is 2. The van der Waals surface area contributed by atoms with Crippen molar-refractivity contribution >= 4 is 6.03 Å². The van der Waals surface area contributed by atoms with E-state index in [0.29, 0.717) is 12.1 Å². The van der Waals surface area contributed by atoms with E-state index >= 15 is 0 Å². The first kappa shape index (κ1) is 11.7. The van der Waals surface area contributed by atoms with Crippen LogP contribution in [0.5, 0.6) is 0 Å². The number of likely N-dealkylation sites (tertiary alicyclic amines) is 1. The van der Waals surface area contributed by atoms with Gasteiger partial charge in [-0.25, -0.2) is 4.79 Å². The van der Waals surface area contributed by atoms with Crippen LogP contribution in [0.4, 0.5) is 4.79 Å². The van der Waals surface area contributed by atoms with Gasteiger partial charge in [0.1, 0.15) is 0 Å². The number of nitrogens with one attached hydrogen (secondary N) is 1. The molecule has 0 aromatic rings. The lowest BCUT2D eigenvalue weighted by molar-refractivity contribution is 0.174. The number of amides is 2. The van der Waals surface area contributed by atoms with E-state index in [2.05, 4.69) is 5.32 Å². The van der Waals surface area contributed by atoms with Crippen LogP contribution in [0.25, 0.3) is 0 Å². The van der Waals surface area contributed by atoms with E-state index in [1.165, 1.54) is 6.42 Å². The molecule has 1 aliphatic heterocycles. The molecular weight excluding hydrogens is 204 g/mol. The molecule has 4 heteroatoms. The van der Waals surface area contributed by atoms with E-state index in [1.54, 1.807) is 0 Å². The Balaban J connectivity index is 1.78. The van der Waals surface area contributed by atoms with Crippen molar-refractivity contribution in [3.8, 4) is 0 Å². The minimum absolute atomic E-state index is 0.116. The van der Waals surface area contributed by atoms with Gasteiger partial charge in [-0.3, -0.25) is 0 Å². The molecule has 0 radical (unpaired) electrons. The first-order valence-corrected chi connectivity index (χ1v) is 6.49. The topological polar surface area (TPSA) is 52.6 Å². The van der Waals surface area contributed by atoms with Gasteiger partial charge in [-0.05, 0) is 44.9 Å². The summed E-state index contributed by atoms with van der Waals surface area (Å²) < 4.78 is 0. The van der Waals surface area contributed by atoms with Gasteiger partial charge in [0, 0.05) is 25.2 Å². The summed E-state index contributed by atoms with van der Waals surface area (Å²) in [5, 5.41) is 11.9. The maximum atomic E-state index is 12.0. The van der Waals surface area contributed by atoms with Gasteiger partial charge in [-0.15, -0.1) is 0 Å². The van der Waals surface area contributed by atoms with Crippen molar-refractivity contribution < 1.29 is 9.90 Å². The zero-order valence-corrected chi connectivity index (χ0v) is 9.82. The maximum Gasteiger partial charge on any atom is 0.317 e. The molecule has 4 nitrogen and oxygen atoms in total. The molecule has 2 rings (SSSR count). The maximum absolute atomic E-state index is 12.0. The van der Waals surface area contributed by atoms with Gasteiger partial charge in [0.05, 0.1) is 0 Å². The smallest absolute Gasteiger partial charge is 0.317 e. The van der Waals surface area contributed by atoms with E-state index < -0.39 is 0 Å². The fourth-order valence-electron chi connectivity index (χ4n) is 2.54. The fraction of sp³-hybridized carbons (Fsp3) is 0.917. The molecule has 0 aromatic carbocycles. The molecule has 2 amide bonds. The predicted octanol–water partition coefficient (Wildman–Crippen LogP) is 1.49. The van der Waals surface area contributed by atoms with Crippen LogP contribution in [0.1, 0.15) is 44.9 Å². The van der Waals surface area contributed by atoms with E-state index in [0.717, 1.165) is 45.1 Å². The lowest BCUT2D eigenvalue weighted by Crippen LogP contribution is -2.48. The fourth-order valence-corrected chi connectivity index (χ4v) is 2.54. The molecule has 1 saturated carbocycles. The minimum atomic E-state index is 0.116. The third-order valence-corrected chi connectivity index (χ3v) is 3.77. The normalized spacial score (nSPS) is 25.6. The second-order valence-corrected chi connectivity index (χ2v) is 4.93. The Morgan fingerprint density at radius 1 is 1.31 bits per heavy atom. The number of hydrogen-bond donors (Lipinski definition) is 2. The van der Waals surface area contributed by atoms with E-state index in [4.69, 9.17) is 5.11 Å². The summed E-state index contributed by atoms with van der Waals surface area (Å²) in [6, 6.07) is 0.893. The Morgan fingerprint density at radius 3 is 2.75 bits per heavy atom. The summed E-state index contributed by atoms with van der Waals surface area (Å²) in [7, 11) is 0. The summed E-state index contributed by atoms with van der Waals surface area (Å²) in [6.45, 7) is 1.11. The Hall–Kier alpha value is -0.770. The van der Waals surface area contributed by atoms with Crippen molar-refractivity contribution in [1.82, 2.24) is 10.2 Å². The van der Waals surface area contributed by atoms with Crippen molar-refractivity contribution in [3.63, 3.8) is 0 Å². The minimum Gasteiger partial charge on any atom is -0.396 e. The zero-order chi connectivity index (χ0) is 11.4. The molecule has 0 spiro atoms. The van der Waals surface area contributed by atoms with Crippen LogP contribution in [0.2, 0.25) is 0 Å². The largest absolute Gasteiger partial charge is 0.396 e. The Bertz CT molecular complexity index is 241. The molecule has 16 heavy (non-hydrogen) atoms. The molecule has 2 fully saturated rings. The van der Waals surface area contributed by atoms with Crippen molar-refractivity contribution in [3.05, 3.63) is 0 Å². The zero-order valence-electron chi connectivity index (χ0n) is 9.82. The lowest BCUT2D eigenvalue weighted by Gasteiger charge is -2.31. The third kappa shape index (κ3) is 2.67. The van der Waals surface area contributed by atoms with Gasteiger partial charge in [0.25, 0.3) is 0 Å². The van der Waals surface area contributed by atoms with E-state index in [9.17, 15) is 4.79 Å².